The summed E-state index contributed by atoms with van der Waals surface area (Å²) in [5, 5.41) is 12.4. The molecule has 1 aliphatic carbocycles. The molecule has 1 aliphatic heterocycles. The highest BCUT2D eigenvalue weighted by molar-refractivity contribution is 5.04. The van der Waals surface area contributed by atoms with Crippen LogP contribution < -0.4 is 0 Å². The predicted molar refractivity (Wildman–Crippen MR) is 69.7 cm³/mol. The van der Waals surface area contributed by atoms with Gasteiger partial charge in [-0.25, -0.2) is 0 Å². The summed E-state index contributed by atoms with van der Waals surface area (Å²) in [7, 11) is 0. The van der Waals surface area contributed by atoms with Crippen LogP contribution in [0.1, 0.15) is 42.2 Å². The van der Waals surface area contributed by atoms with E-state index in [-0.39, 0.29) is 6.04 Å². The molecule has 0 spiro atoms. The summed E-state index contributed by atoms with van der Waals surface area (Å²) in [6.07, 6.45) is 2.66. The van der Waals surface area contributed by atoms with Gasteiger partial charge in [0.05, 0.1) is 13.1 Å². The maximum absolute atomic E-state index is 5.41. The summed E-state index contributed by atoms with van der Waals surface area (Å²) >= 11 is 0. The summed E-state index contributed by atoms with van der Waals surface area (Å²) in [5.41, 5.74) is 0. The fourth-order valence-electron chi connectivity index (χ4n) is 2.87. The van der Waals surface area contributed by atoms with Crippen LogP contribution in [-0.4, -0.2) is 36.3 Å². The molecule has 0 aromatic carbocycles. The van der Waals surface area contributed by atoms with Crippen LogP contribution in [0.3, 0.4) is 0 Å². The van der Waals surface area contributed by atoms with E-state index >= 15 is 0 Å². The van der Waals surface area contributed by atoms with Crippen LogP contribution in [0, 0.1) is 19.8 Å². The average molecular weight is 274 g/mol. The van der Waals surface area contributed by atoms with Gasteiger partial charge in [0.25, 0.3) is 0 Å². The van der Waals surface area contributed by atoms with Gasteiger partial charge in [0.1, 0.15) is 17.7 Å². The molecule has 2 aromatic rings. The fraction of sp³-hybridized carbons (Fsp3) is 0.692. The molecule has 106 valence electrons. The lowest BCUT2D eigenvalue weighted by Gasteiger charge is -2.33. The van der Waals surface area contributed by atoms with E-state index in [4.69, 9.17) is 4.52 Å². The molecule has 4 rings (SSSR count). The van der Waals surface area contributed by atoms with E-state index in [2.05, 4.69) is 29.8 Å². The molecular weight excluding hydrogens is 256 g/mol. The maximum atomic E-state index is 5.41. The molecule has 2 aromatic heterocycles. The standard InChI is InChI=1S/C13H18N6O/c1-8-14-13(20-17-8)11-6-19-9(2)15-16-12(19)7-18(11)5-10-3-4-10/h10-11H,3-7H2,1-2H3. The van der Waals surface area contributed by atoms with Crippen molar-refractivity contribution in [1.29, 1.82) is 0 Å². The Morgan fingerprint density at radius 2 is 2.10 bits per heavy atom. The van der Waals surface area contributed by atoms with Gasteiger partial charge >= 0.3 is 0 Å². The predicted octanol–water partition coefficient (Wildman–Crippen LogP) is 1.24. The molecule has 0 saturated heterocycles. The van der Waals surface area contributed by atoms with Crippen LogP contribution in [0.25, 0.3) is 0 Å². The van der Waals surface area contributed by atoms with Crippen molar-refractivity contribution in [1.82, 2.24) is 29.8 Å². The average Bonchev–Trinajstić information content (AvgIpc) is 3.03. The van der Waals surface area contributed by atoms with Gasteiger partial charge in [-0.3, -0.25) is 4.90 Å². The lowest BCUT2D eigenvalue weighted by Crippen LogP contribution is -2.38. The number of hydrogen-bond donors (Lipinski definition) is 0. The number of fused-ring (bicyclic) bond motifs is 1. The number of aryl methyl sites for hydroxylation is 2. The minimum absolute atomic E-state index is 0.138. The fourth-order valence-corrected chi connectivity index (χ4v) is 2.87. The Morgan fingerprint density at radius 3 is 2.80 bits per heavy atom. The molecule has 7 heteroatoms. The molecule has 20 heavy (non-hydrogen) atoms. The topological polar surface area (TPSA) is 72.9 Å². The summed E-state index contributed by atoms with van der Waals surface area (Å²) in [4.78, 5) is 6.84. The summed E-state index contributed by atoms with van der Waals surface area (Å²) in [5.74, 6) is 4.21. The minimum atomic E-state index is 0.138. The lowest BCUT2D eigenvalue weighted by atomic mass is 10.1. The van der Waals surface area contributed by atoms with Crippen molar-refractivity contribution < 1.29 is 4.52 Å². The zero-order chi connectivity index (χ0) is 13.7. The molecule has 0 radical (unpaired) electrons. The number of aromatic nitrogens is 5. The first kappa shape index (κ1) is 12.0. The molecule has 1 fully saturated rings. The Labute approximate surface area is 117 Å². The van der Waals surface area contributed by atoms with Crippen molar-refractivity contribution in [3.8, 4) is 0 Å². The quantitative estimate of drug-likeness (QED) is 0.838. The third-order valence-corrected chi connectivity index (χ3v) is 4.17. The number of rotatable bonds is 3. The normalized spacial score (nSPS) is 23.0. The summed E-state index contributed by atoms with van der Waals surface area (Å²) in [6.45, 7) is 6.53. The van der Waals surface area contributed by atoms with Gasteiger partial charge in [-0.05, 0) is 32.6 Å². The van der Waals surface area contributed by atoms with Gasteiger partial charge in [0, 0.05) is 6.54 Å². The van der Waals surface area contributed by atoms with Crippen molar-refractivity contribution in [2.45, 2.75) is 45.8 Å². The maximum Gasteiger partial charge on any atom is 0.245 e. The molecule has 0 amide bonds. The van der Waals surface area contributed by atoms with Gasteiger partial charge in [0.15, 0.2) is 5.82 Å². The Kier molecular flexibility index (Phi) is 2.63. The van der Waals surface area contributed by atoms with Gasteiger partial charge < -0.3 is 9.09 Å². The Bertz CT molecular complexity index is 629. The number of nitrogens with zero attached hydrogens (tertiary/aromatic N) is 6. The van der Waals surface area contributed by atoms with Gasteiger partial charge in [-0.1, -0.05) is 5.16 Å². The first-order valence-electron chi connectivity index (χ1n) is 7.13. The Hall–Kier alpha value is -1.76. The van der Waals surface area contributed by atoms with E-state index in [1.807, 2.05) is 13.8 Å². The molecule has 2 aliphatic rings. The second-order valence-corrected chi connectivity index (χ2v) is 5.84. The van der Waals surface area contributed by atoms with Crippen LogP contribution >= 0.6 is 0 Å². The third-order valence-electron chi connectivity index (χ3n) is 4.17. The second-order valence-electron chi connectivity index (χ2n) is 5.84. The molecule has 0 bridgehead atoms. The van der Waals surface area contributed by atoms with E-state index in [0.29, 0.717) is 11.7 Å². The molecule has 7 nitrogen and oxygen atoms in total. The highest BCUT2D eigenvalue weighted by Crippen LogP contribution is 2.35. The molecular formula is C13H18N6O. The second kappa shape index (κ2) is 4.37. The SMILES string of the molecule is Cc1noc(C2Cn3c(C)nnc3CN2CC2CC2)n1. The zero-order valence-electron chi connectivity index (χ0n) is 11.8. The van der Waals surface area contributed by atoms with Crippen LogP contribution in [0.4, 0.5) is 0 Å². The van der Waals surface area contributed by atoms with Crippen molar-refractivity contribution >= 4 is 0 Å². The van der Waals surface area contributed by atoms with E-state index in [1.165, 1.54) is 12.8 Å². The van der Waals surface area contributed by atoms with Gasteiger partial charge in [-0.2, -0.15) is 4.98 Å². The highest BCUT2D eigenvalue weighted by Gasteiger charge is 2.36. The van der Waals surface area contributed by atoms with Crippen molar-refractivity contribution in [2.75, 3.05) is 6.54 Å². The Morgan fingerprint density at radius 1 is 1.25 bits per heavy atom. The van der Waals surface area contributed by atoms with Gasteiger partial charge in [0.2, 0.25) is 5.89 Å². The van der Waals surface area contributed by atoms with Crippen LogP contribution in [0.5, 0.6) is 0 Å². The molecule has 1 atom stereocenters. The Balaban J connectivity index is 1.67. The van der Waals surface area contributed by atoms with Crippen LogP contribution in [0.15, 0.2) is 4.52 Å². The largest absolute Gasteiger partial charge is 0.338 e. The molecule has 1 unspecified atom stereocenters. The highest BCUT2D eigenvalue weighted by atomic mass is 16.5. The molecule has 1 saturated carbocycles. The third kappa shape index (κ3) is 2.02. The smallest absolute Gasteiger partial charge is 0.245 e. The van der Waals surface area contributed by atoms with Crippen LogP contribution in [0.2, 0.25) is 0 Å². The molecule has 3 heterocycles. The van der Waals surface area contributed by atoms with Crippen molar-refractivity contribution in [3.05, 3.63) is 23.4 Å². The first-order valence-corrected chi connectivity index (χ1v) is 7.13. The monoisotopic (exact) mass is 274 g/mol. The molecule has 0 N–H and O–H groups in total. The van der Waals surface area contributed by atoms with Gasteiger partial charge in [-0.15, -0.1) is 10.2 Å². The van der Waals surface area contributed by atoms with E-state index in [1.54, 1.807) is 0 Å². The summed E-state index contributed by atoms with van der Waals surface area (Å²) in [6, 6.07) is 0.138. The summed E-state index contributed by atoms with van der Waals surface area (Å²) < 4.78 is 7.57. The van der Waals surface area contributed by atoms with E-state index in [9.17, 15) is 0 Å². The minimum Gasteiger partial charge on any atom is -0.338 e. The van der Waals surface area contributed by atoms with E-state index in [0.717, 1.165) is 37.2 Å². The first-order chi connectivity index (χ1) is 9.70. The lowest BCUT2D eigenvalue weighted by molar-refractivity contribution is 0.102. The zero-order valence-corrected chi connectivity index (χ0v) is 11.8. The van der Waals surface area contributed by atoms with E-state index < -0.39 is 0 Å². The van der Waals surface area contributed by atoms with Crippen molar-refractivity contribution in [3.63, 3.8) is 0 Å². The van der Waals surface area contributed by atoms with Crippen molar-refractivity contribution in [2.24, 2.45) is 5.92 Å². The van der Waals surface area contributed by atoms with Crippen LogP contribution in [-0.2, 0) is 13.1 Å². The number of hydrogen-bond acceptors (Lipinski definition) is 6.